The van der Waals surface area contributed by atoms with E-state index in [0.717, 1.165) is 30.9 Å². The smallest absolute Gasteiger partial charge is 0.129 e. The van der Waals surface area contributed by atoms with E-state index >= 15 is 0 Å². The minimum atomic E-state index is 0.357. The van der Waals surface area contributed by atoms with Crippen LogP contribution < -0.4 is 14.8 Å². The molecule has 1 aromatic carbocycles. The fraction of sp³-hybridized carbons (Fsp3) is 0.412. The van der Waals surface area contributed by atoms with Gasteiger partial charge in [-0.1, -0.05) is 18.2 Å². The van der Waals surface area contributed by atoms with Gasteiger partial charge in [0, 0.05) is 16.3 Å². The van der Waals surface area contributed by atoms with E-state index in [1.54, 1.807) is 18.4 Å². The highest BCUT2D eigenvalue weighted by Crippen LogP contribution is 2.40. The molecule has 0 fully saturated rings. The van der Waals surface area contributed by atoms with Crippen LogP contribution in [-0.4, -0.2) is 20.8 Å². The summed E-state index contributed by atoms with van der Waals surface area (Å²) in [7, 11) is 3.75. The molecule has 112 valence electrons. The third kappa shape index (κ3) is 3.06. The zero-order chi connectivity index (χ0) is 14.7. The average molecular weight is 303 g/mol. The summed E-state index contributed by atoms with van der Waals surface area (Å²) in [5.41, 5.74) is 1.34. The molecule has 0 saturated heterocycles. The summed E-state index contributed by atoms with van der Waals surface area (Å²) in [5, 5.41) is 5.51. The van der Waals surface area contributed by atoms with Crippen LogP contribution in [0.15, 0.2) is 35.7 Å². The predicted molar refractivity (Wildman–Crippen MR) is 86.6 cm³/mol. The molecule has 2 unspecified atom stereocenters. The Bertz CT molecular complexity index is 596. The van der Waals surface area contributed by atoms with Gasteiger partial charge >= 0.3 is 0 Å². The second kappa shape index (κ2) is 6.50. The summed E-state index contributed by atoms with van der Waals surface area (Å²) in [4.78, 5) is 1.33. The molecule has 0 bridgehead atoms. The van der Waals surface area contributed by atoms with Crippen LogP contribution in [-0.2, 0) is 0 Å². The Kier molecular flexibility index (Phi) is 4.46. The first-order chi connectivity index (χ1) is 10.3. The highest BCUT2D eigenvalue weighted by Gasteiger charge is 2.25. The van der Waals surface area contributed by atoms with Gasteiger partial charge < -0.3 is 14.8 Å². The Balaban J connectivity index is 1.78. The zero-order valence-corrected chi connectivity index (χ0v) is 13.3. The number of hydrogen-bond donors (Lipinski definition) is 1. The van der Waals surface area contributed by atoms with Gasteiger partial charge in [0.2, 0.25) is 0 Å². The molecule has 0 spiro atoms. The number of para-hydroxylation sites is 1. The Hall–Kier alpha value is -1.52. The van der Waals surface area contributed by atoms with Gasteiger partial charge in [0.05, 0.1) is 13.7 Å². The molecule has 0 aliphatic carbocycles. The summed E-state index contributed by atoms with van der Waals surface area (Å²) in [6.07, 6.45) is 2.16. The lowest BCUT2D eigenvalue weighted by atomic mass is 9.87. The van der Waals surface area contributed by atoms with Crippen LogP contribution in [0, 0.1) is 0 Å². The van der Waals surface area contributed by atoms with Gasteiger partial charge in [0.1, 0.15) is 11.5 Å². The Morgan fingerprint density at radius 1 is 1.43 bits per heavy atom. The van der Waals surface area contributed by atoms with E-state index < -0.39 is 0 Å². The fourth-order valence-corrected chi connectivity index (χ4v) is 3.92. The van der Waals surface area contributed by atoms with Crippen molar-refractivity contribution in [2.75, 3.05) is 20.8 Å². The third-order valence-corrected chi connectivity index (χ3v) is 5.15. The molecular formula is C17H21NO2S. The molecule has 3 nitrogen and oxygen atoms in total. The van der Waals surface area contributed by atoms with Gasteiger partial charge in [-0.25, -0.2) is 0 Å². The minimum Gasteiger partial charge on any atom is -0.496 e. The molecule has 2 heterocycles. The van der Waals surface area contributed by atoms with Gasteiger partial charge in [-0.15, -0.1) is 11.3 Å². The molecule has 0 saturated carbocycles. The second-order valence-corrected chi connectivity index (χ2v) is 6.28. The van der Waals surface area contributed by atoms with E-state index in [0.29, 0.717) is 12.0 Å². The van der Waals surface area contributed by atoms with Crippen molar-refractivity contribution in [1.29, 1.82) is 0 Å². The molecule has 2 aromatic rings. The van der Waals surface area contributed by atoms with Crippen LogP contribution in [0.5, 0.6) is 11.5 Å². The van der Waals surface area contributed by atoms with Gasteiger partial charge in [-0.3, -0.25) is 0 Å². The second-order valence-electron chi connectivity index (χ2n) is 5.34. The van der Waals surface area contributed by atoms with E-state index in [1.165, 1.54) is 10.4 Å². The Labute approximate surface area is 129 Å². The van der Waals surface area contributed by atoms with Gasteiger partial charge in [-0.2, -0.15) is 0 Å². The summed E-state index contributed by atoms with van der Waals surface area (Å²) in [5.74, 6) is 2.54. The van der Waals surface area contributed by atoms with Gasteiger partial charge in [-0.05, 0) is 43.5 Å². The predicted octanol–water partition coefficient (Wildman–Crippen LogP) is 3.97. The van der Waals surface area contributed by atoms with Crippen LogP contribution in [0.3, 0.4) is 0 Å². The van der Waals surface area contributed by atoms with Crippen LogP contribution in [0.2, 0.25) is 0 Å². The van der Waals surface area contributed by atoms with Crippen molar-refractivity contribution in [3.05, 3.63) is 46.2 Å². The number of rotatable bonds is 5. The van der Waals surface area contributed by atoms with Crippen LogP contribution in [0.25, 0.3) is 0 Å². The topological polar surface area (TPSA) is 30.5 Å². The molecule has 21 heavy (non-hydrogen) atoms. The lowest BCUT2D eigenvalue weighted by Crippen LogP contribution is -2.22. The number of fused-ring (bicyclic) bond motifs is 1. The SMILES string of the molecule is CNC(CC1CCOc2ccccc21)c1cc(OC)cs1. The van der Waals surface area contributed by atoms with Gasteiger partial charge in [0.15, 0.2) is 0 Å². The molecule has 1 N–H and O–H groups in total. The summed E-state index contributed by atoms with van der Waals surface area (Å²) >= 11 is 1.76. The van der Waals surface area contributed by atoms with Crippen molar-refractivity contribution in [2.45, 2.75) is 24.8 Å². The number of methoxy groups -OCH3 is 1. The Morgan fingerprint density at radius 3 is 3.05 bits per heavy atom. The lowest BCUT2D eigenvalue weighted by Gasteiger charge is -2.28. The maximum Gasteiger partial charge on any atom is 0.129 e. The van der Waals surface area contributed by atoms with Crippen molar-refractivity contribution in [3.8, 4) is 11.5 Å². The number of thiophene rings is 1. The van der Waals surface area contributed by atoms with Crippen LogP contribution in [0.1, 0.15) is 35.2 Å². The summed E-state index contributed by atoms with van der Waals surface area (Å²) < 4.78 is 11.1. The number of hydrogen-bond acceptors (Lipinski definition) is 4. The van der Waals surface area contributed by atoms with Crippen LogP contribution >= 0.6 is 11.3 Å². The molecule has 0 amide bonds. The monoisotopic (exact) mass is 303 g/mol. The first-order valence-corrected chi connectivity index (χ1v) is 8.21. The van der Waals surface area contributed by atoms with Crippen molar-refractivity contribution in [1.82, 2.24) is 5.32 Å². The normalized spacial score (nSPS) is 18.7. The standard InChI is InChI=1S/C17H21NO2S/c1-18-15(17-10-13(19-2)11-21-17)9-12-7-8-20-16-6-4-3-5-14(12)16/h3-6,10-12,15,18H,7-9H2,1-2H3. The third-order valence-electron chi connectivity index (χ3n) is 4.13. The van der Waals surface area contributed by atoms with E-state index in [4.69, 9.17) is 9.47 Å². The van der Waals surface area contributed by atoms with Crippen molar-refractivity contribution in [2.24, 2.45) is 0 Å². The molecule has 1 aliphatic rings. The maximum absolute atomic E-state index is 5.76. The fourth-order valence-electron chi connectivity index (χ4n) is 2.95. The van der Waals surface area contributed by atoms with E-state index in [9.17, 15) is 0 Å². The highest BCUT2D eigenvalue weighted by molar-refractivity contribution is 7.10. The Morgan fingerprint density at radius 2 is 2.29 bits per heavy atom. The molecule has 1 aliphatic heterocycles. The largest absolute Gasteiger partial charge is 0.496 e. The molecule has 2 atom stereocenters. The average Bonchev–Trinajstić information content (AvgIpc) is 3.01. The maximum atomic E-state index is 5.76. The van der Waals surface area contributed by atoms with E-state index in [1.807, 2.05) is 13.1 Å². The van der Waals surface area contributed by atoms with E-state index in [2.05, 4.69) is 35.0 Å². The number of ether oxygens (including phenoxy) is 2. The van der Waals surface area contributed by atoms with Crippen molar-refractivity contribution in [3.63, 3.8) is 0 Å². The first-order valence-electron chi connectivity index (χ1n) is 7.33. The van der Waals surface area contributed by atoms with E-state index in [-0.39, 0.29) is 0 Å². The zero-order valence-electron chi connectivity index (χ0n) is 12.5. The van der Waals surface area contributed by atoms with Crippen molar-refractivity contribution < 1.29 is 9.47 Å². The molecule has 0 radical (unpaired) electrons. The minimum absolute atomic E-state index is 0.357. The quantitative estimate of drug-likeness (QED) is 0.906. The number of nitrogens with one attached hydrogen (secondary N) is 1. The lowest BCUT2D eigenvalue weighted by molar-refractivity contribution is 0.256. The first kappa shape index (κ1) is 14.4. The van der Waals surface area contributed by atoms with Crippen molar-refractivity contribution >= 4 is 11.3 Å². The molecule has 1 aromatic heterocycles. The summed E-state index contributed by atoms with van der Waals surface area (Å²) in [6, 6.07) is 10.9. The molecule has 4 heteroatoms. The number of benzene rings is 1. The van der Waals surface area contributed by atoms with Crippen LogP contribution in [0.4, 0.5) is 0 Å². The van der Waals surface area contributed by atoms with Gasteiger partial charge in [0.25, 0.3) is 0 Å². The molecular weight excluding hydrogens is 282 g/mol. The molecule has 3 rings (SSSR count). The highest BCUT2D eigenvalue weighted by atomic mass is 32.1. The summed E-state index contributed by atoms with van der Waals surface area (Å²) in [6.45, 7) is 0.811.